The molecule has 7 nitrogen and oxygen atoms in total. The van der Waals surface area contributed by atoms with Gasteiger partial charge < -0.3 is 29.6 Å². The molecule has 1 aliphatic heterocycles. The van der Waals surface area contributed by atoms with E-state index in [1.807, 2.05) is 0 Å². The van der Waals surface area contributed by atoms with Gasteiger partial charge in [-0.15, -0.1) is 0 Å². The van der Waals surface area contributed by atoms with Gasteiger partial charge in [0.15, 0.2) is 6.29 Å². The predicted octanol–water partition coefficient (Wildman–Crippen LogP) is 2.23. The molecule has 0 aromatic carbocycles. The number of nitrogens with one attached hydrogen (secondary N) is 2. The minimum absolute atomic E-state index is 0.0517. The van der Waals surface area contributed by atoms with Crippen molar-refractivity contribution in [2.24, 2.45) is 0 Å². The van der Waals surface area contributed by atoms with Gasteiger partial charge in [-0.2, -0.15) is 0 Å². The van der Waals surface area contributed by atoms with Crippen molar-refractivity contribution in [3.05, 3.63) is 0 Å². The van der Waals surface area contributed by atoms with E-state index in [9.17, 15) is 4.79 Å². The molecular weight excluding hydrogens is 383 g/mol. The summed E-state index contributed by atoms with van der Waals surface area (Å²) in [7, 11) is 0. The zero-order valence-corrected chi connectivity index (χ0v) is 15.8. The van der Waals surface area contributed by atoms with Crippen molar-refractivity contribution in [2.45, 2.75) is 29.3 Å². The smallest absolute Gasteiger partial charge is 0.407 e. The highest BCUT2D eigenvalue weighted by atomic mass is 35.6. The Morgan fingerprint density at radius 3 is 2.58 bits per heavy atom. The molecule has 0 bridgehead atoms. The highest BCUT2D eigenvalue weighted by Gasteiger charge is 2.21. The van der Waals surface area contributed by atoms with Gasteiger partial charge >= 0.3 is 6.09 Å². The molecule has 0 radical (unpaired) electrons. The number of amides is 1. The zero-order chi connectivity index (χ0) is 17.7. The first-order valence-electron chi connectivity index (χ1n) is 7.96. The van der Waals surface area contributed by atoms with E-state index in [-0.39, 0.29) is 12.9 Å². The second-order valence-electron chi connectivity index (χ2n) is 5.15. The fourth-order valence-electron chi connectivity index (χ4n) is 1.90. The lowest BCUT2D eigenvalue weighted by Gasteiger charge is -2.22. The number of halogens is 3. The van der Waals surface area contributed by atoms with E-state index in [4.69, 9.17) is 53.8 Å². The number of carbonyl (C=O) groups excluding carboxylic acids is 1. The van der Waals surface area contributed by atoms with Crippen molar-refractivity contribution in [3.8, 4) is 0 Å². The average molecular weight is 408 g/mol. The van der Waals surface area contributed by atoms with Crippen molar-refractivity contribution in [1.29, 1.82) is 0 Å². The average Bonchev–Trinajstić information content (AvgIpc) is 2.55. The molecule has 1 heterocycles. The first kappa shape index (κ1) is 22.0. The van der Waals surface area contributed by atoms with E-state index in [1.165, 1.54) is 0 Å². The Labute approximate surface area is 157 Å². The summed E-state index contributed by atoms with van der Waals surface area (Å²) in [6.45, 7) is 3.77. The molecule has 1 fully saturated rings. The van der Waals surface area contributed by atoms with Crippen molar-refractivity contribution in [1.82, 2.24) is 10.6 Å². The van der Waals surface area contributed by atoms with Crippen LogP contribution in [-0.4, -0.2) is 68.8 Å². The molecule has 0 spiro atoms. The fraction of sp³-hybridized carbons (Fsp3) is 0.929. The summed E-state index contributed by atoms with van der Waals surface area (Å²) in [5.41, 5.74) is 0. The summed E-state index contributed by atoms with van der Waals surface area (Å²) >= 11 is 16.4. The third kappa shape index (κ3) is 13.3. The topological polar surface area (TPSA) is 78.1 Å². The molecule has 0 aliphatic carbocycles. The van der Waals surface area contributed by atoms with Crippen LogP contribution in [0.4, 0.5) is 4.79 Å². The highest BCUT2D eigenvalue weighted by molar-refractivity contribution is 6.67. The summed E-state index contributed by atoms with van der Waals surface area (Å²) < 4.78 is 19.5. The SMILES string of the molecule is O=C(NCCOCCNCCOC1CCCCO1)OCC(Cl)(Cl)Cl. The Hall–Kier alpha value is -0.0200. The fourth-order valence-corrected chi connectivity index (χ4v) is 2.06. The van der Waals surface area contributed by atoms with Gasteiger partial charge in [0.25, 0.3) is 0 Å². The Balaban J connectivity index is 1.79. The molecule has 1 unspecified atom stereocenters. The number of alkyl halides is 3. The van der Waals surface area contributed by atoms with E-state index < -0.39 is 9.89 Å². The van der Waals surface area contributed by atoms with E-state index in [2.05, 4.69) is 10.6 Å². The molecule has 0 aromatic heterocycles. The molecular formula is C14H25Cl3N2O5. The molecule has 0 saturated carbocycles. The first-order chi connectivity index (χ1) is 11.5. The van der Waals surface area contributed by atoms with Crippen LogP contribution in [-0.2, 0) is 18.9 Å². The second kappa shape index (κ2) is 13.2. The summed E-state index contributed by atoms with van der Waals surface area (Å²) in [6, 6.07) is 0. The van der Waals surface area contributed by atoms with Crippen molar-refractivity contribution in [2.75, 3.05) is 52.7 Å². The van der Waals surface area contributed by atoms with Crippen molar-refractivity contribution in [3.63, 3.8) is 0 Å². The van der Waals surface area contributed by atoms with E-state index in [1.54, 1.807) is 0 Å². The number of carbonyl (C=O) groups is 1. The first-order valence-corrected chi connectivity index (χ1v) is 9.10. The second-order valence-corrected chi connectivity index (χ2v) is 7.66. The highest BCUT2D eigenvalue weighted by Crippen LogP contribution is 2.25. The number of alkyl carbamates (subject to hydrolysis) is 1. The van der Waals surface area contributed by atoms with Gasteiger partial charge in [-0.1, -0.05) is 34.8 Å². The molecule has 0 aromatic rings. The van der Waals surface area contributed by atoms with Crippen LogP contribution in [0.5, 0.6) is 0 Å². The third-order valence-corrected chi connectivity index (χ3v) is 3.35. The van der Waals surface area contributed by atoms with E-state index in [0.717, 1.165) is 32.4 Å². The van der Waals surface area contributed by atoms with Crippen LogP contribution < -0.4 is 10.6 Å². The van der Waals surface area contributed by atoms with Crippen LogP contribution >= 0.6 is 34.8 Å². The van der Waals surface area contributed by atoms with Gasteiger partial charge in [0.05, 0.1) is 19.8 Å². The van der Waals surface area contributed by atoms with Crippen LogP contribution in [0.3, 0.4) is 0 Å². The summed E-state index contributed by atoms with van der Waals surface area (Å²) in [6.07, 6.45) is 2.56. The maximum atomic E-state index is 11.2. The van der Waals surface area contributed by atoms with Crippen LogP contribution in [0, 0.1) is 0 Å². The van der Waals surface area contributed by atoms with Gasteiger partial charge in [0.1, 0.15) is 6.61 Å². The summed E-state index contributed by atoms with van der Waals surface area (Å²) in [4.78, 5) is 11.2. The Bertz CT molecular complexity index is 339. The Kier molecular flexibility index (Phi) is 12.1. The summed E-state index contributed by atoms with van der Waals surface area (Å²) in [5.74, 6) is 0. The van der Waals surface area contributed by atoms with E-state index in [0.29, 0.717) is 32.9 Å². The number of ether oxygens (including phenoxy) is 4. The normalized spacial score (nSPS) is 18.4. The number of hydrogen-bond acceptors (Lipinski definition) is 6. The lowest BCUT2D eigenvalue weighted by molar-refractivity contribution is -0.161. The molecule has 1 atom stereocenters. The lowest BCUT2D eigenvalue weighted by Crippen LogP contribution is -2.31. The maximum Gasteiger partial charge on any atom is 0.407 e. The molecule has 1 amide bonds. The Morgan fingerprint density at radius 2 is 1.88 bits per heavy atom. The van der Waals surface area contributed by atoms with Gasteiger partial charge in [0, 0.05) is 26.2 Å². The minimum atomic E-state index is -1.60. The molecule has 1 aliphatic rings. The summed E-state index contributed by atoms with van der Waals surface area (Å²) in [5, 5.41) is 5.69. The standard InChI is InChI=1S/C14H25Cl3N2O5/c15-14(16,17)11-24-13(20)19-6-9-21-8-4-18-5-10-23-12-3-1-2-7-22-12/h12,18H,1-11H2,(H,19,20). The van der Waals surface area contributed by atoms with Crippen LogP contribution in [0.25, 0.3) is 0 Å². The van der Waals surface area contributed by atoms with Crippen LogP contribution in [0.15, 0.2) is 0 Å². The monoisotopic (exact) mass is 406 g/mol. The predicted molar refractivity (Wildman–Crippen MR) is 92.9 cm³/mol. The Morgan fingerprint density at radius 1 is 1.12 bits per heavy atom. The minimum Gasteiger partial charge on any atom is -0.445 e. The van der Waals surface area contributed by atoms with Gasteiger partial charge in [-0.05, 0) is 19.3 Å². The quantitative estimate of drug-likeness (QED) is 0.404. The number of hydrogen-bond donors (Lipinski definition) is 2. The largest absolute Gasteiger partial charge is 0.445 e. The zero-order valence-electron chi connectivity index (χ0n) is 13.5. The van der Waals surface area contributed by atoms with Gasteiger partial charge in [0.2, 0.25) is 3.79 Å². The van der Waals surface area contributed by atoms with E-state index >= 15 is 0 Å². The maximum absolute atomic E-state index is 11.2. The number of rotatable bonds is 11. The van der Waals surface area contributed by atoms with Crippen molar-refractivity contribution < 1.29 is 23.7 Å². The molecule has 24 heavy (non-hydrogen) atoms. The van der Waals surface area contributed by atoms with Crippen LogP contribution in [0.1, 0.15) is 19.3 Å². The van der Waals surface area contributed by atoms with Gasteiger partial charge in [-0.3, -0.25) is 0 Å². The molecule has 142 valence electrons. The van der Waals surface area contributed by atoms with Crippen LogP contribution in [0.2, 0.25) is 0 Å². The van der Waals surface area contributed by atoms with Gasteiger partial charge in [-0.25, -0.2) is 4.79 Å². The third-order valence-electron chi connectivity index (χ3n) is 3.03. The molecule has 1 saturated heterocycles. The lowest BCUT2D eigenvalue weighted by atomic mass is 10.2. The molecule has 10 heteroatoms. The molecule has 1 rings (SSSR count). The molecule has 2 N–H and O–H groups in total. The van der Waals surface area contributed by atoms with Crippen molar-refractivity contribution >= 4 is 40.9 Å².